The van der Waals surface area contributed by atoms with Gasteiger partial charge in [0.1, 0.15) is 0 Å². The van der Waals surface area contributed by atoms with Crippen molar-refractivity contribution in [3.8, 4) is 11.8 Å². The van der Waals surface area contributed by atoms with Gasteiger partial charge in [-0.3, -0.25) is 4.79 Å². The normalized spacial score (nSPS) is 18.1. The number of hydrogen-bond donors (Lipinski definition) is 0. The van der Waals surface area contributed by atoms with E-state index >= 15 is 0 Å². The van der Waals surface area contributed by atoms with Crippen molar-refractivity contribution in [2.24, 2.45) is 5.92 Å². The highest BCUT2D eigenvalue weighted by atomic mass is 35.5. The van der Waals surface area contributed by atoms with Gasteiger partial charge in [0.25, 0.3) is 5.24 Å². The van der Waals surface area contributed by atoms with Crippen molar-refractivity contribution in [1.82, 2.24) is 0 Å². The van der Waals surface area contributed by atoms with Gasteiger partial charge in [-0.25, -0.2) is 0 Å². The van der Waals surface area contributed by atoms with Crippen LogP contribution in [0.25, 0.3) is 0 Å². The van der Waals surface area contributed by atoms with Crippen molar-refractivity contribution in [3.63, 3.8) is 0 Å². The zero-order valence-electron chi connectivity index (χ0n) is 5.69. The molecule has 1 fully saturated rings. The molecule has 10 heavy (non-hydrogen) atoms. The van der Waals surface area contributed by atoms with Gasteiger partial charge in [0.05, 0.1) is 0 Å². The van der Waals surface area contributed by atoms with Crippen LogP contribution in [0, 0.1) is 17.8 Å². The van der Waals surface area contributed by atoms with Gasteiger partial charge in [-0.2, -0.15) is 0 Å². The molecule has 1 rings (SSSR count). The van der Waals surface area contributed by atoms with Crippen molar-refractivity contribution in [1.29, 1.82) is 0 Å². The van der Waals surface area contributed by atoms with Gasteiger partial charge in [-0.1, -0.05) is 18.8 Å². The van der Waals surface area contributed by atoms with Crippen molar-refractivity contribution >= 4 is 16.8 Å². The molecular weight excluding hydrogens is 148 g/mol. The van der Waals surface area contributed by atoms with Crippen LogP contribution in [0.5, 0.6) is 0 Å². The molecule has 0 bridgehead atoms. The van der Waals surface area contributed by atoms with Gasteiger partial charge >= 0.3 is 0 Å². The molecule has 0 aromatic rings. The van der Waals surface area contributed by atoms with E-state index in [4.69, 9.17) is 11.6 Å². The second-order valence-corrected chi connectivity index (χ2v) is 2.87. The van der Waals surface area contributed by atoms with Crippen LogP contribution in [-0.4, -0.2) is 5.24 Å². The van der Waals surface area contributed by atoms with Crippen LogP contribution < -0.4 is 0 Å². The Morgan fingerprint density at radius 1 is 1.40 bits per heavy atom. The average Bonchev–Trinajstić information content (AvgIpc) is 2.34. The molecule has 0 aromatic heterocycles. The molecule has 1 saturated carbocycles. The maximum atomic E-state index is 10.2. The van der Waals surface area contributed by atoms with Gasteiger partial charge in [0.15, 0.2) is 0 Å². The summed E-state index contributed by atoms with van der Waals surface area (Å²) in [5.74, 6) is 5.65. The average molecular weight is 157 g/mol. The molecule has 0 radical (unpaired) electrons. The lowest BCUT2D eigenvalue weighted by molar-refractivity contribution is -0.107. The first-order valence-electron chi connectivity index (χ1n) is 3.50. The van der Waals surface area contributed by atoms with Gasteiger partial charge in [0.2, 0.25) is 0 Å². The van der Waals surface area contributed by atoms with Crippen LogP contribution in [0.1, 0.15) is 25.7 Å². The predicted octanol–water partition coefficient (Wildman–Crippen LogP) is 1.95. The predicted molar refractivity (Wildman–Crippen MR) is 40.6 cm³/mol. The van der Waals surface area contributed by atoms with E-state index in [2.05, 4.69) is 11.8 Å². The smallest absolute Gasteiger partial charge is 0.266 e. The molecule has 0 N–H and O–H groups in total. The van der Waals surface area contributed by atoms with E-state index in [9.17, 15) is 4.79 Å². The summed E-state index contributed by atoms with van der Waals surface area (Å²) in [7, 11) is 0. The summed E-state index contributed by atoms with van der Waals surface area (Å²) in [4.78, 5) is 10.2. The standard InChI is InChI=1S/C8H9ClO/c9-8(10)6-5-7-3-1-2-4-7/h7H,1-4H2. The van der Waals surface area contributed by atoms with Crippen LogP contribution in [-0.2, 0) is 4.79 Å². The number of halogens is 1. The fraction of sp³-hybridized carbons (Fsp3) is 0.625. The lowest BCUT2D eigenvalue weighted by Crippen LogP contribution is -1.87. The maximum Gasteiger partial charge on any atom is 0.296 e. The minimum atomic E-state index is -0.535. The first-order valence-corrected chi connectivity index (χ1v) is 3.88. The van der Waals surface area contributed by atoms with Crippen LogP contribution in [0.4, 0.5) is 0 Å². The molecule has 0 amide bonds. The Kier molecular flexibility index (Phi) is 2.77. The lowest BCUT2D eigenvalue weighted by atomic mass is 10.1. The molecule has 1 nitrogen and oxygen atoms in total. The summed E-state index contributed by atoms with van der Waals surface area (Å²) in [5, 5.41) is -0.535. The Labute approximate surface area is 65.8 Å². The van der Waals surface area contributed by atoms with Gasteiger partial charge in [-0.05, 0) is 30.4 Å². The third-order valence-electron chi connectivity index (χ3n) is 1.73. The third-order valence-corrected chi connectivity index (χ3v) is 1.82. The van der Waals surface area contributed by atoms with E-state index in [-0.39, 0.29) is 0 Å². The fourth-order valence-corrected chi connectivity index (χ4v) is 1.28. The number of carbonyl (C=O) groups is 1. The van der Waals surface area contributed by atoms with Crippen molar-refractivity contribution < 1.29 is 4.79 Å². The Morgan fingerprint density at radius 2 is 2.00 bits per heavy atom. The van der Waals surface area contributed by atoms with E-state index in [1.54, 1.807) is 0 Å². The molecule has 0 atom stereocenters. The summed E-state index contributed by atoms with van der Waals surface area (Å²) < 4.78 is 0. The lowest BCUT2D eigenvalue weighted by Gasteiger charge is -1.92. The molecular formula is C8H9ClO. The van der Waals surface area contributed by atoms with E-state index in [1.165, 1.54) is 12.8 Å². The molecule has 2 heteroatoms. The van der Waals surface area contributed by atoms with Crippen molar-refractivity contribution in [2.45, 2.75) is 25.7 Å². The summed E-state index contributed by atoms with van der Waals surface area (Å²) in [6.07, 6.45) is 4.76. The summed E-state index contributed by atoms with van der Waals surface area (Å²) in [6.45, 7) is 0. The van der Waals surface area contributed by atoms with E-state index in [0.717, 1.165) is 12.8 Å². The Balaban J connectivity index is 2.38. The summed E-state index contributed by atoms with van der Waals surface area (Å²) in [5.41, 5.74) is 0. The molecule has 0 saturated heterocycles. The minimum Gasteiger partial charge on any atom is -0.266 e. The summed E-state index contributed by atoms with van der Waals surface area (Å²) in [6, 6.07) is 0. The summed E-state index contributed by atoms with van der Waals surface area (Å²) >= 11 is 5.04. The van der Waals surface area contributed by atoms with Crippen molar-refractivity contribution in [2.75, 3.05) is 0 Å². The van der Waals surface area contributed by atoms with Gasteiger partial charge < -0.3 is 0 Å². The number of rotatable bonds is 0. The van der Waals surface area contributed by atoms with Gasteiger partial charge in [0, 0.05) is 5.92 Å². The van der Waals surface area contributed by atoms with E-state index in [1.807, 2.05) is 0 Å². The zero-order chi connectivity index (χ0) is 7.40. The van der Waals surface area contributed by atoms with Crippen LogP contribution in [0.15, 0.2) is 0 Å². The molecule has 0 unspecified atom stereocenters. The quantitative estimate of drug-likeness (QED) is 0.387. The molecule has 0 aromatic carbocycles. The molecule has 1 aliphatic rings. The second-order valence-electron chi connectivity index (χ2n) is 2.52. The largest absolute Gasteiger partial charge is 0.296 e. The van der Waals surface area contributed by atoms with E-state index < -0.39 is 5.24 Å². The van der Waals surface area contributed by atoms with Crippen molar-refractivity contribution in [3.05, 3.63) is 0 Å². The first kappa shape index (κ1) is 7.63. The molecule has 1 aliphatic carbocycles. The second kappa shape index (κ2) is 3.63. The SMILES string of the molecule is O=C(Cl)C#CC1CCCC1. The van der Waals surface area contributed by atoms with E-state index in [0.29, 0.717) is 5.92 Å². The fourth-order valence-electron chi connectivity index (χ4n) is 1.23. The highest BCUT2D eigenvalue weighted by molar-refractivity contribution is 6.68. The Morgan fingerprint density at radius 3 is 2.50 bits per heavy atom. The van der Waals surface area contributed by atoms with Gasteiger partial charge in [-0.15, -0.1) is 0 Å². The first-order chi connectivity index (χ1) is 4.79. The molecule has 0 aliphatic heterocycles. The van der Waals surface area contributed by atoms with Crippen LogP contribution >= 0.6 is 11.6 Å². The maximum absolute atomic E-state index is 10.2. The Bertz CT molecular complexity index is 181. The Hall–Kier alpha value is -0.480. The molecule has 0 heterocycles. The topological polar surface area (TPSA) is 17.1 Å². The number of hydrogen-bond acceptors (Lipinski definition) is 1. The monoisotopic (exact) mass is 156 g/mol. The highest BCUT2D eigenvalue weighted by Gasteiger charge is 2.11. The molecule has 54 valence electrons. The van der Waals surface area contributed by atoms with Crippen LogP contribution in [0.2, 0.25) is 0 Å². The zero-order valence-corrected chi connectivity index (χ0v) is 6.45. The minimum absolute atomic E-state index is 0.433. The number of carbonyl (C=O) groups excluding carboxylic acids is 1. The molecule has 0 spiro atoms. The third kappa shape index (κ3) is 2.41. The van der Waals surface area contributed by atoms with Crippen LogP contribution in [0.3, 0.4) is 0 Å². The highest BCUT2D eigenvalue weighted by Crippen LogP contribution is 2.23.